The molecule has 2 aliphatic rings. The van der Waals surface area contributed by atoms with Crippen LogP contribution in [0.15, 0.2) is 24.3 Å². The highest BCUT2D eigenvalue weighted by molar-refractivity contribution is 6.16. The van der Waals surface area contributed by atoms with E-state index >= 15 is 0 Å². The predicted molar refractivity (Wildman–Crippen MR) is 122 cm³/mol. The molecule has 0 saturated carbocycles. The first-order valence-corrected chi connectivity index (χ1v) is 9.47. The number of hydrogen-bond donors (Lipinski definition) is 1. The lowest BCUT2D eigenvalue weighted by molar-refractivity contribution is -0.146. The highest BCUT2D eigenvalue weighted by Crippen LogP contribution is 2.21. The molecule has 9 heteroatoms. The largest absolute Gasteiger partial charge is 0.328 e. The number of ketones is 2. The van der Waals surface area contributed by atoms with E-state index in [1.165, 1.54) is 12.2 Å². The lowest BCUT2D eigenvalue weighted by Crippen LogP contribution is -2.52. The molecule has 0 radical (unpaired) electrons. The van der Waals surface area contributed by atoms with Crippen LogP contribution in [-0.4, -0.2) is 64.1 Å². The smallest absolute Gasteiger partial charge is 0.254 e. The summed E-state index contributed by atoms with van der Waals surface area (Å²) in [5.74, 6) is -2.10. The summed E-state index contributed by atoms with van der Waals surface area (Å²) in [5, 5.41) is 0. The molecule has 0 aromatic carbocycles. The van der Waals surface area contributed by atoms with Gasteiger partial charge in [0.05, 0.1) is 6.54 Å². The number of nitrogens with two attached hydrogens (primary N) is 1. The number of carbonyl (C=O) groups excluding carboxylic acids is 6. The number of Topliss-reactive ketones (excluding diaryl/α,β-unsaturated/α-hetero) is 2. The van der Waals surface area contributed by atoms with E-state index in [2.05, 4.69) is 0 Å². The molecule has 9 nitrogen and oxygen atoms in total. The minimum Gasteiger partial charge on any atom is -0.328 e. The third-order valence-corrected chi connectivity index (χ3v) is 4.46. The van der Waals surface area contributed by atoms with Gasteiger partial charge in [0.25, 0.3) is 23.6 Å². The van der Waals surface area contributed by atoms with E-state index in [1.807, 2.05) is 0 Å². The molecule has 2 rings (SSSR count). The maximum absolute atomic E-state index is 12.0. The van der Waals surface area contributed by atoms with Crippen LogP contribution < -0.4 is 5.73 Å². The van der Waals surface area contributed by atoms with Gasteiger partial charge in [-0.2, -0.15) is 0 Å². The fraction of sp³-hybridized carbons (Fsp3) is 0.565. The van der Waals surface area contributed by atoms with Gasteiger partial charge in [-0.3, -0.25) is 38.6 Å². The van der Waals surface area contributed by atoms with Crippen LogP contribution in [0.1, 0.15) is 56.4 Å². The van der Waals surface area contributed by atoms with Crippen molar-refractivity contribution in [3.8, 4) is 0 Å². The minimum absolute atomic E-state index is 0. The van der Waals surface area contributed by atoms with Crippen LogP contribution >= 0.6 is 0 Å². The molecule has 2 N–H and O–H groups in total. The van der Waals surface area contributed by atoms with Crippen molar-refractivity contribution >= 4 is 35.2 Å². The third kappa shape index (κ3) is 7.64. The molecule has 0 saturated heterocycles. The van der Waals surface area contributed by atoms with Gasteiger partial charge in [-0.25, -0.2) is 0 Å². The van der Waals surface area contributed by atoms with E-state index in [9.17, 15) is 28.8 Å². The van der Waals surface area contributed by atoms with Crippen LogP contribution in [0.5, 0.6) is 0 Å². The molecule has 32 heavy (non-hydrogen) atoms. The van der Waals surface area contributed by atoms with Crippen LogP contribution in [0, 0.1) is 10.8 Å². The van der Waals surface area contributed by atoms with Crippen molar-refractivity contribution in [1.29, 1.82) is 0 Å². The topological polar surface area (TPSA) is 135 Å². The molecule has 180 valence electrons. The van der Waals surface area contributed by atoms with Gasteiger partial charge in [0, 0.05) is 41.7 Å². The number of nitrogens with zero attached hydrogens (tertiary/aromatic N) is 2. The molecule has 1 atom stereocenters. The average Bonchev–Trinajstić information content (AvgIpc) is 3.11. The lowest BCUT2D eigenvalue weighted by Gasteiger charge is -2.29. The van der Waals surface area contributed by atoms with Gasteiger partial charge >= 0.3 is 0 Å². The Bertz CT molecular complexity index is 792. The first-order valence-electron chi connectivity index (χ1n) is 9.47. The monoisotopic (exact) mass is 451 g/mol. The summed E-state index contributed by atoms with van der Waals surface area (Å²) in [7, 11) is 0. The first-order chi connectivity index (χ1) is 13.6. The highest BCUT2D eigenvalue weighted by atomic mass is 16.2. The van der Waals surface area contributed by atoms with Gasteiger partial charge in [0.15, 0.2) is 11.6 Å². The summed E-state index contributed by atoms with van der Waals surface area (Å²) >= 11 is 0. The summed E-state index contributed by atoms with van der Waals surface area (Å²) in [6, 6.07) is -0.866. The number of imide groups is 2. The van der Waals surface area contributed by atoms with Crippen LogP contribution in [0.25, 0.3) is 0 Å². The molecule has 4 amide bonds. The van der Waals surface area contributed by atoms with Crippen molar-refractivity contribution < 1.29 is 28.8 Å². The molecule has 0 fully saturated rings. The zero-order valence-electron chi connectivity index (χ0n) is 18.2. The van der Waals surface area contributed by atoms with Crippen LogP contribution in [0.4, 0.5) is 0 Å². The fourth-order valence-electron chi connectivity index (χ4n) is 2.52. The third-order valence-electron chi connectivity index (χ3n) is 4.46. The molecule has 2 heterocycles. The second-order valence-electron chi connectivity index (χ2n) is 9.01. The van der Waals surface area contributed by atoms with Crippen LogP contribution in [-0.2, 0) is 28.8 Å². The standard InChI is InChI=1S/C11H16N2O3.C10H13NO3.2CH4/c1-11(2,3)10(16)7(6-12)13-8(14)4-5-9(13)15;1-10(2,3)7(12)6-11-8(13)4-5-9(11)14;;/h4-5,7H,6,12H2,1-3H3;4-5H,6H2,1-3H3;2*1H4/t7-;;;/m0.../s1. The molecular formula is C23H37N3O6. The first kappa shape index (κ1) is 31.2. The second kappa shape index (κ2) is 11.6. The Labute approximate surface area is 190 Å². The van der Waals surface area contributed by atoms with Gasteiger partial charge in [0.2, 0.25) is 0 Å². The van der Waals surface area contributed by atoms with Crippen molar-refractivity contribution in [2.75, 3.05) is 13.1 Å². The Morgan fingerprint density at radius 3 is 1.47 bits per heavy atom. The highest BCUT2D eigenvalue weighted by Gasteiger charge is 2.39. The van der Waals surface area contributed by atoms with Gasteiger partial charge in [-0.05, 0) is 0 Å². The van der Waals surface area contributed by atoms with Crippen molar-refractivity contribution in [2.45, 2.75) is 62.4 Å². The Morgan fingerprint density at radius 2 is 1.16 bits per heavy atom. The molecule has 0 aromatic heterocycles. The Kier molecular flexibility index (Phi) is 11.3. The molecule has 0 bridgehead atoms. The van der Waals surface area contributed by atoms with Crippen LogP contribution in [0.3, 0.4) is 0 Å². The lowest BCUT2D eigenvalue weighted by atomic mass is 9.86. The van der Waals surface area contributed by atoms with E-state index in [4.69, 9.17) is 5.73 Å². The maximum Gasteiger partial charge on any atom is 0.254 e. The summed E-state index contributed by atoms with van der Waals surface area (Å²) in [6.07, 6.45) is 4.67. The van der Waals surface area contributed by atoms with Gasteiger partial charge in [0.1, 0.15) is 6.04 Å². The van der Waals surface area contributed by atoms with Crippen molar-refractivity contribution in [2.24, 2.45) is 16.6 Å². The van der Waals surface area contributed by atoms with Crippen molar-refractivity contribution in [1.82, 2.24) is 9.80 Å². The quantitative estimate of drug-likeness (QED) is 0.628. The molecular weight excluding hydrogens is 414 g/mol. The summed E-state index contributed by atoms with van der Waals surface area (Å²) < 4.78 is 0. The SMILES string of the molecule is C.C.CC(C)(C)C(=O)CN1C(=O)C=CC1=O.CC(C)(C)C(=O)[C@H](CN)N1C(=O)C=CC1=O. The molecule has 2 aliphatic heterocycles. The van der Waals surface area contributed by atoms with Crippen molar-refractivity contribution in [3.05, 3.63) is 24.3 Å². The fourth-order valence-corrected chi connectivity index (χ4v) is 2.52. The zero-order chi connectivity index (χ0) is 23.4. The summed E-state index contributed by atoms with van der Waals surface area (Å²) in [6.45, 7) is 10.3. The average molecular weight is 452 g/mol. The number of carbonyl (C=O) groups is 6. The minimum atomic E-state index is -0.866. The molecule has 0 unspecified atom stereocenters. The second-order valence-corrected chi connectivity index (χ2v) is 9.01. The normalized spacial score (nSPS) is 16.3. The van der Waals surface area contributed by atoms with Crippen LogP contribution in [0.2, 0.25) is 0 Å². The Balaban J connectivity index is 0. The van der Waals surface area contributed by atoms with Crippen molar-refractivity contribution in [3.63, 3.8) is 0 Å². The van der Waals surface area contributed by atoms with E-state index in [0.717, 1.165) is 22.0 Å². The number of hydrogen-bond acceptors (Lipinski definition) is 7. The van der Waals surface area contributed by atoms with E-state index in [0.29, 0.717) is 0 Å². The summed E-state index contributed by atoms with van der Waals surface area (Å²) in [5.41, 5.74) is 4.32. The summed E-state index contributed by atoms with van der Waals surface area (Å²) in [4.78, 5) is 70.5. The molecule has 0 aromatic rings. The van der Waals surface area contributed by atoms with E-state index in [1.54, 1.807) is 41.5 Å². The van der Waals surface area contributed by atoms with Gasteiger partial charge < -0.3 is 5.73 Å². The van der Waals surface area contributed by atoms with Gasteiger partial charge in [-0.1, -0.05) is 56.4 Å². The predicted octanol–water partition coefficient (Wildman–Crippen LogP) is 1.65. The van der Waals surface area contributed by atoms with E-state index in [-0.39, 0.29) is 39.5 Å². The van der Waals surface area contributed by atoms with Gasteiger partial charge in [-0.15, -0.1) is 0 Å². The maximum atomic E-state index is 12.0. The van der Waals surface area contributed by atoms with E-state index < -0.39 is 40.5 Å². The Morgan fingerprint density at radius 1 is 0.781 bits per heavy atom. The number of amides is 4. The molecule has 0 aliphatic carbocycles. The Hall–Kier alpha value is -2.94. The zero-order valence-corrected chi connectivity index (χ0v) is 18.2. The number of rotatable bonds is 5. The molecule has 0 spiro atoms.